The average molecular weight is 616 g/mol. The van der Waals surface area contributed by atoms with Crippen LogP contribution in [0, 0.1) is 0 Å². The Labute approximate surface area is 256 Å². The highest BCUT2D eigenvalue weighted by atomic mass is 35.5. The summed E-state index contributed by atoms with van der Waals surface area (Å²) in [6.07, 6.45) is 1.90. The number of likely N-dealkylation sites (tertiary alicyclic amines) is 1. The molecule has 2 fully saturated rings. The summed E-state index contributed by atoms with van der Waals surface area (Å²) in [5.74, 6) is 0.996. The average Bonchev–Trinajstić information content (AvgIpc) is 3.47. The molecule has 8 nitrogen and oxygen atoms in total. The highest BCUT2D eigenvalue weighted by Crippen LogP contribution is 2.42. The molecule has 0 bridgehead atoms. The fraction of sp³-hybridized carbons (Fsp3) is 0.406. The van der Waals surface area contributed by atoms with E-state index in [1.165, 1.54) is 21.3 Å². The number of hydrogen-bond donors (Lipinski definition) is 1. The quantitative estimate of drug-likeness (QED) is 0.330. The van der Waals surface area contributed by atoms with Crippen molar-refractivity contribution in [3.05, 3.63) is 87.4 Å². The summed E-state index contributed by atoms with van der Waals surface area (Å²) < 4.78 is 22.8. The van der Waals surface area contributed by atoms with Crippen LogP contribution in [-0.4, -0.2) is 75.1 Å². The van der Waals surface area contributed by atoms with Crippen molar-refractivity contribution in [2.24, 2.45) is 0 Å². The highest BCUT2D eigenvalue weighted by Gasteiger charge is 2.44. The van der Waals surface area contributed by atoms with E-state index in [-0.39, 0.29) is 12.6 Å². The van der Waals surface area contributed by atoms with E-state index in [0.29, 0.717) is 58.7 Å². The van der Waals surface area contributed by atoms with Gasteiger partial charge in [0.25, 0.3) is 5.91 Å². The number of amides is 1. The van der Waals surface area contributed by atoms with Crippen LogP contribution in [0.5, 0.6) is 17.2 Å². The number of nitrogens with zero attached hydrogens (tertiary/aromatic N) is 2. The molecule has 3 aromatic carbocycles. The largest absolute Gasteiger partial charge is 0.493 e. The summed E-state index contributed by atoms with van der Waals surface area (Å²) >= 11 is 12.7. The van der Waals surface area contributed by atoms with E-state index in [2.05, 4.69) is 4.90 Å². The Balaban J connectivity index is 1.35. The first-order valence-electron chi connectivity index (χ1n) is 13.9. The number of piperidine rings is 1. The van der Waals surface area contributed by atoms with E-state index < -0.39 is 11.2 Å². The van der Waals surface area contributed by atoms with Gasteiger partial charge in [-0.05, 0) is 54.7 Å². The van der Waals surface area contributed by atoms with Gasteiger partial charge >= 0.3 is 0 Å². The Hall–Kier alpha value is -3.01. The third kappa shape index (κ3) is 6.05. The maximum absolute atomic E-state index is 13.7. The first kappa shape index (κ1) is 30.4. The Morgan fingerprint density at radius 1 is 0.905 bits per heavy atom. The SMILES string of the molecule is COc1cc(C(=O)N2CO[C@](CCN3CCC(O)(c4ccccc4)CC3)(c3ccc(Cl)c(Cl)c3)C2)cc(OC)c1OC. The molecule has 0 unspecified atom stereocenters. The van der Waals surface area contributed by atoms with E-state index in [1.807, 2.05) is 42.5 Å². The fourth-order valence-corrected chi connectivity index (χ4v) is 6.19. The van der Waals surface area contributed by atoms with Gasteiger partial charge in [-0.1, -0.05) is 59.6 Å². The topological polar surface area (TPSA) is 80.7 Å². The van der Waals surface area contributed by atoms with Gasteiger partial charge in [0.1, 0.15) is 12.3 Å². The summed E-state index contributed by atoms with van der Waals surface area (Å²) in [7, 11) is 4.55. The highest BCUT2D eigenvalue weighted by molar-refractivity contribution is 6.42. The molecule has 0 saturated carbocycles. The van der Waals surface area contributed by atoms with Crippen LogP contribution >= 0.6 is 23.2 Å². The molecule has 2 saturated heterocycles. The van der Waals surface area contributed by atoms with E-state index >= 15 is 0 Å². The lowest BCUT2D eigenvalue weighted by Crippen LogP contribution is -2.45. The maximum atomic E-state index is 13.7. The Kier molecular flexibility index (Phi) is 9.20. The Morgan fingerprint density at radius 3 is 2.17 bits per heavy atom. The van der Waals surface area contributed by atoms with Gasteiger partial charge in [-0.25, -0.2) is 0 Å². The van der Waals surface area contributed by atoms with Crippen LogP contribution in [0.4, 0.5) is 0 Å². The molecule has 1 amide bonds. The lowest BCUT2D eigenvalue weighted by Gasteiger charge is -2.40. The van der Waals surface area contributed by atoms with Gasteiger partial charge < -0.3 is 33.9 Å². The number of ether oxygens (including phenoxy) is 4. The predicted octanol–water partition coefficient (Wildman–Crippen LogP) is 5.72. The van der Waals surface area contributed by atoms with Gasteiger partial charge in [0.05, 0.1) is 43.5 Å². The molecular formula is C32H36Cl2N2O6. The second-order valence-corrected chi connectivity index (χ2v) is 11.6. The molecule has 2 heterocycles. The number of methoxy groups -OCH3 is 3. The van der Waals surface area contributed by atoms with E-state index in [9.17, 15) is 9.90 Å². The smallest absolute Gasteiger partial charge is 0.256 e. The number of rotatable bonds is 9. The molecule has 0 spiro atoms. The zero-order valence-electron chi connectivity index (χ0n) is 24.1. The summed E-state index contributed by atoms with van der Waals surface area (Å²) in [6.45, 7) is 2.64. The van der Waals surface area contributed by atoms with E-state index in [1.54, 1.807) is 23.1 Å². The minimum Gasteiger partial charge on any atom is -0.493 e. The molecule has 42 heavy (non-hydrogen) atoms. The second-order valence-electron chi connectivity index (χ2n) is 10.8. The van der Waals surface area contributed by atoms with Crippen LogP contribution in [0.15, 0.2) is 60.7 Å². The lowest BCUT2D eigenvalue weighted by molar-refractivity contribution is -0.0403. The number of benzene rings is 3. The third-order valence-electron chi connectivity index (χ3n) is 8.41. The van der Waals surface area contributed by atoms with Gasteiger partial charge in [0, 0.05) is 25.2 Å². The van der Waals surface area contributed by atoms with Crippen molar-refractivity contribution in [2.45, 2.75) is 30.5 Å². The van der Waals surface area contributed by atoms with E-state index in [4.69, 9.17) is 42.1 Å². The maximum Gasteiger partial charge on any atom is 0.256 e. The number of halogens is 2. The summed E-state index contributed by atoms with van der Waals surface area (Å²) in [6, 6.07) is 18.6. The molecule has 3 aromatic rings. The van der Waals surface area contributed by atoms with Gasteiger partial charge in [-0.2, -0.15) is 0 Å². The first-order valence-corrected chi connectivity index (χ1v) is 14.7. The van der Waals surface area contributed by atoms with Crippen molar-refractivity contribution in [2.75, 3.05) is 54.2 Å². The van der Waals surface area contributed by atoms with Crippen LogP contribution in [-0.2, 0) is 15.9 Å². The minimum atomic E-state index is -0.827. The molecule has 1 N–H and O–H groups in total. The summed E-state index contributed by atoms with van der Waals surface area (Å²) in [5, 5.41) is 12.2. The van der Waals surface area contributed by atoms with E-state index in [0.717, 1.165) is 30.8 Å². The molecule has 0 radical (unpaired) electrons. The number of carbonyl (C=O) groups excluding carboxylic acids is 1. The Bertz CT molecular complexity index is 1390. The van der Waals surface area contributed by atoms with Crippen LogP contribution < -0.4 is 14.2 Å². The molecule has 5 rings (SSSR count). The second kappa shape index (κ2) is 12.7. The molecule has 2 aliphatic rings. The van der Waals surface area contributed by atoms with Crippen molar-refractivity contribution in [1.82, 2.24) is 9.80 Å². The first-order chi connectivity index (χ1) is 20.2. The van der Waals surface area contributed by atoms with Crippen LogP contribution in [0.25, 0.3) is 0 Å². The summed E-state index contributed by atoms with van der Waals surface area (Å²) in [4.78, 5) is 17.8. The van der Waals surface area contributed by atoms with Crippen molar-refractivity contribution >= 4 is 29.1 Å². The standard InChI is InChI=1S/C32H36Cl2N2O6/c1-39-27-17-22(18-28(40-2)29(27)41-3)30(37)36-20-32(42-21-36,24-9-10-25(33)26(34)19-24)13-16-35-14-11-31(38,12-15-35)23-7-5-4-6-8-23/h4-10,17-19,38H,11-16,20-21H2,1-3H3/t32-/m0/s1. The molecule has 0 aromatic heterocycles. The zero-order chi connectivity index (χ0) is 29.9. The van der Waals surface area contributed by atoms with Crippen molar-refractivity contribution in [1.29, 1.82) is 0 Å². The third-order valence-corrected chi connectivity index (χ3v) is 9.15. The lowest BCUT2D eigenvalue weighted by atomic mass is 9.84. The molecule has 2 aliphatic heterocycles. The number of hydrogen-bond acceptors (Lipinski definition) is 7. The van der Waals surface area contributed by atoms with Gasteiger partial charge in [0.15, 0.2) is 11.5 Å². The normalized spacial score (nSPS) is 20.4. The Morgan fingerprint density at radius 2 is 1.57 bits per heavy atom. The van der Waals surface area contributed by atoms with Crippen molar-refractivity contribution in [3.63, 3.8) is 0 Å². The van der Waals surface area contributed by atoms with Crippen molar-refractivity contribution in [3.8, 4) is 17.2 Å². The monoisotopic (exact) mass is 614 g/mol. The minimum absolute atomic E-state index is 0.101. The van der Waals surface area contributed by atoms with Crippen molar-refractivity contribution < 1.29 is 28.8 Å². The molecular weight excluding hydrogens is 579 g/mol. The number of aliphatic hydroxyl groups is 1. The van der Waals surface area contributed by atoms with Gasteiger partial charge in [-0.3, -0.25) is 4.79 Å². The molecule has 224 valence electrons. The van der Waals surface area contributed by atoms with Crippen LogP contribution in [0.2, 0.25) is 10.0 Å². The summed E-state index contributed by atoms with van der Waals surface area (Å²) in [5.41, 5.74) is 0.589. The fourth-order valence-electron chi connectivity index (χ4n) is 5.89. The van der Waals surface area contributed by atoms with Gasteiger partial charge in [-0.15, -0.1) is 0 Å². The zero-order valence-corrected chi connectivity index (χ0v) is 25.6. The van der Waals surface area contributed by atoms with Gasteiger partial charge in [0.2, 0.25) is 5.75 Å². The predicted molar refractivity (Wildman–Crippen MR) is 162 cm³/mol. The van der Waals surface area contributed by atoms with Crippen LogP contribution in [0.3, 0.4) is 0 Å². The van der Waals surface area contributed by atoms with Crippen LogP contribution in [0.1, 0.15) is 40.7 Å². The number of carbonyl (C=O) groups is 1. The molecule has 10 heteroatoms. The molecule has 0 aliphatic carbocycles. The molecule has 1 atom stereocenters.